The van der Waals surface area contributed by atoms with Crippen LogP contribution in [0.15, 0.2) is 55.8 Å². The summed E-state index contributed by atoms with van der Waals surface area (Å²) < 4.78 is 5.75. The van der Waals surface area contributed by atoms with Gasteiger partial charge in [0.2, 0.25) is 0 Å². The normalized spacial score (nSPS) is 11.1. The number of rotatable bonds is 3. The number of nitrogens with zero attached hydrogens (tertiary/aromatic N) is 2. The van der Waals surface area contributed by atoms with Crippen molar-refractivity contribution < 1.29 is 9.21 Å². The van der Waals surface area contributed by atoms with Crippen molar-refractivity contribution in [2.24, 2.45) is 0 Å². The number of para-hydroxylation sites is 1. The van der Waals surface area contributed by atoms with E-state index < -0.39 is 11.5 Å². The van der Waals surface area contributed by atoms with Crippen LogP contribution in [0.2, 0.25) is 0 Å². The zero-order valence-electron chi connectivity index (χ0n) is 13.7. The summed E-state index contributed by atoms with van der Waals surface area (Å²) >= 11 is 1.31. The summed E-state index contributed by atoms with van der Waals surface area (Å²) in [5.41, 5.74) is -0.00283. The molecule has 130 valence electrons. The minimum Gasteiger partial charge on any atom is -0.422 e. The lowest BCUT2D eigenvalue weighted by atomic mass is 10.1. The van der Waals surface area contributed by atoms with Crippen LogP contribution in [0.1, 0.15) is 16.2 Å². The molecule has 0 unspecified atom stereocenters. The van der Waals surface area contributed by atoms with Crippen LogP contribution in [0.4, 0.5) is 0 Å². The van der Waals surface area contributed by atoms with Crippen molar-refractivity contribution in [3.63, 3.8) is 0 Å². The van der Waals surface area contributed by atoms with Gasteiger partial charge in [-0.05, 0) is 23.6 Å². The van der Waals surface area contributed by atoms with Gasteiger partial charge in [-0.15, -0.1) is 11.3 Å². The fourth-order valence-corrected chi connectivity index (χ4v) is 3.44. The Morgan fingerprint density at radius 1 is 1.27 bits per heavy atom. The molecule has 8 heteroatoms. The second-order valence-corrected chi connectivity index (χ2v) is 6.71. The van der Waals surface area contributed by atoms with Crippen molar-refractivity contribution in [1.82, 2.24) is 14.9 Å². The first-order valence-corrected chi connectivity index (χ1v) is 8.65. The molecular formula is C18H13N3O4S. The Morgan fingerprint density at radius 2 is 2.08 bits per heavy atom. The van der Waals surface area contributed by atoms with Crippen molar-refractivity contribution in [3.05, 3.63) is 73.9 Å². The quantitative estimate of drug-likeness (QED) is 0.561. The molecule has 26 heavy (non-hydrogen) atoms. The van der Waals surface area contributed by atoms with E-state index >= 15 is 0 Å². The highest BCUT2D eigenvalue weighted by atomic mass is 32.1. The van der Waals surface area contributed by atoms with E-state index in [1.54, 1.807) is 35.7 Å². The molecule has 4 aromatic rings. The maximum atomic E-state index is 12.7. The van der Waals surface area contributed by atoms with E-state index in [1.807, 2.05) is 0 Å². The van der Waals surface area contributed by atoms with Crippen LogP contribution >= 0.6 is 11.3 Å². The number of hydrogen-bond donors (Lipinski definition) is 1. The van der Waals surface area contributed by atoms with Crippen molar-refractivity contribution in [2.45, 2.75) is 6.54 Å². The molecule has 0 radical (unpaired) electrons. The van der Waals surface area contributed by atoms with Crippen LogP contribution in [0.3, 0.4) is 0 Å². The predicted octanol–water partition coefficient (Wildman–Crippen LogP) is 2.36. The summed E-state index contributed by atoms with van der Waals surface area (Å²) in [5.74, 6) is -0.153. The summed E-state index contributed by atoms with van der Waals surface area (Å²) in [6, 6.07) is 10.2. The van der Waals surface area contributed by atoms with Gasteiger partial charge in [-0.3, -0.25) is 9.59 Å². The molecule has 0 aliphatic heterocycles. The Morgan fingerprint density at radius 3 is 2.92 bits per heavy atom. The maximum absolute atomic E-state index is 12.7. The second kappa shape index (κ2) is 6.23. The highest BCUT2D eigenvalue weighted by Crippen LogP contribution is 2.16. The number of thiophene rings is 1. The minimum absolute atomic E-state index is 0.0616. The number of hydrogen-bond acceptors (Lipinski definition) is 6. The van der Waals surface area contributed by atoms with Gasteiger partial charge in [0, 0.05) is 12.4 Å². The molecule has 0 spiro atoms. The number of carbonyl (C=O) groups is 1. The molecule has 1 N–H and O–H groups in total. The lowest BCUT2D eigenvalue weighted by Gasteiger charge is -2.16. The first kappa shape index (κ1) is 16.2. The molecule has 7 nitrogen and oxygen atoms in total. The molecule has 3 aromatic heterocycles. The summed E-state index contributed by atoms with van der Waals surface area (Å²) in [7, 11) is 1.54. The molecule has 0 bridgehead atoms. The Labute approximate surface area is 150 Å². The topological polar surface area (TPSA) is 96.3 Å². The van der Waals surface area contributed by atoms with E-state index in [0.717, 1.165) is 0 Å². The van der Waals surface area contributed by atoms with Crippen LogP contribution in [-0.4, -0.2) is 27.8 Å². The number of aromatic amines is 1. The number of nitrogens with one attached hydrogen (secondary N) is 1. The van der Waals surface area contributed by atoms with Gasteiger partial charge in [-0.25, -0.2) is 9.78 Å². The first-order chi connectivity index (χ1) is 12.5. The molecule has 0 saturated heterocycles. The third-order valence-electron chi connectivity index (χ3n) is 3.97. The van der Waals surface area contributed by atoms with Gasteiger partial charge < -0.3 is 14.3 Å². The van der Waals surface area contributed by atoms with Gasteiger partial charge in [0.15, 0.2) is 0 Å². The lowest BCUT2D eigenvalue weighted by Crippen LogP contribution is -2.31. The average Bonchev–Trinajstić information content (AvgIpc) is 3.09. The fraction of sp³-hybridized carbons (Fsp3) is 0.111. The number of carbonyl (C=O) groups excluding carboxylic acids is 1. The SMILES string of the molecule is CN(Cc1nc2ccsc2c(=O)[nH]1)C(=O)c1cc2ccccc2oc1=O. The average molecular weight is 367 g/mol. The van der Waals surface area contributed by atoms with Gasteiger partial charge in [0.05, 0.1) is 12.1 Å². The highest BCUT2D eigenvalue weighted by molar-refractivity contribution is 7.17. The maximum Gasteiger partial charge on any atom is 0.349 e. The molecule has 1 amide bonds. The van der Waals surface area contributed by atoms with Crippen LogP contribution in [0.5, 0.6) is 0 Å². The standard InChI is InChI=1S/C18H13N3O4S/c1-21(9-14-19-12-6-7-26-15(12)16(22)20-14)17(23)11-8-10-4-2-3-5-13(10)25-18(11)24/h2-8H,9H2,1H3,(H,19,20,22). The molecule has 1 aromatic carbocycles. The van der Waals surface area contributed by atoms with Crippen LogP contribution in [-0.2, 0) is 6.54 Å². The van der Waals surface area contributed by atoms with E-state index in [9.17, 15) is 14.4 Å². The summed E-state index contributed by atoms with van der Waals surface area (Å²) in [6.07, 6.45) is 0. The number of H-pyrrole nitrogens is 1. The van der Waals surface area contributed by atoms with Crippen molar-refractivity contribution in [2.75, 3.05) is 7.05 Å². The van der Waals surface area contributed by atoms with Crippen LogP contribution < -0.4 is 11.2 Å². The zero-order chi connectivity index (χ0) is 18.3. The van der Waals surface area contributed by atoms with Gasteiger partial charge in [-0.1, -0.05) is 18.2 Å². The first-order valence-electron chi connectivity index (χ1n) is 7.77. The number of fused-ring (bicyclic) bond motifs is 2. The van der Waals surface area contributed by atoms with Gasteiger partial charge in [0.1, 0.15) is 21.7 Å². The monoisotopic (exact) mass is 367 g/mol. The molecule has 3 heterocycles. The minimum atomic E-state index is -0.699. The van der Waals surface area contributed by atoms with Crippen LogP contribution in [0.25, 0.3) is 21.2 Å². The van der Waals surface area contributed by atoms with Crippen molar-refractivity contribution >= 4 is 38.4 Å². The predicted molar refractivity (Wildman–Crippen MR) is 98.5 cm³/mol. The number of benzene rings is 1. The van der Waals surface area contributed by atoms with Gasteiger partial charge in [-0.2, -0.15) is 0 Å². The van der Waals surface area contributed by atoms with E-state index in [2.05, 4.69) is 9.97 Å². The molecule has 0 aliphatic rings. The summed E-state index contributed by atoms with van der Waals surface area (Å²) in [5, 5.41) is 2.45. The number of aromatic nitrogens is 2. The lowest BCUT2D eigenvalue weighted by molar-refractivity contribution is 0.0777. The van der Waals surface area contributed by atoms with E-state index in [-0.39, 0.29) is 17.7 Å². The second-order valence-electron chi connectivity index (χ2n) is 5.79. The molecule has 0 fully saturated rings. The third kappa shape index (κ3) is 2.80. The van der Waals surface area contributed by atoms with Gasteiger partial charge >= 0.3 is 5.63 Å². The Kier molecular flexibility index (Phi) is 3.89. The fourth-order valence-electron chi connectivity index (χ4n) is 2.71. The third-order valence-corrected chi connectivity index (χ3v) is 4.87. The zero-order valence-corrected chi connectivity index (χ0v) is 14.5. The van der Waals surface area contributed by atoms with Crippen molar-refractivity contribution in [1.29, 1.82) is 0 Å². The van der Waals surface area contributed by atoms with Crippen molar-refractivity contribution in [3.8, 4) is 0 Å². The Balaban J connectivity index is 1.66. The van der Waals surface area contributed by atoms with Gasteiger partial charge in [0.25, 0.3) is 11.5 Å². The molecule has 0 saturated carbocycles. The molecule has 0 aliphatic carbocycles. The molecule has 0 atom stereocenters. The van der Waals surface area contributed by atoms with E-state index in [0.29, 0.717) is 27.0 Å². The molecule has 4 rings (SSSR count). The number of amides is 1. The highest BCUT2D eigenvalue weighted by Gasteiger charge is 2.19. The smallest absolute Gasteiger partial charge is 0.349 e. The Bertz CT molecular complexity index is 1250. The Hall–Kier alpha value is -3.26. The molecular weight excluding hydrogens is 354 g/mol. The largest absolute Gasteiger partial charge is 0.422 e. The van der Waals surface area contributed by atoms with E-state index in [4.69, 9.17) is 4.42 Å². The summed E-state index contributed by atoms with van der Waals surface area (Å²) in [4.78, 5) is 45.2. The summed E-state index contributed by atoms with van der Waals surface area (Å²) in [6.45, 7) is 0.0616. The van der Waals surface area contributed by atoms with E-state index in [1.165, 1.54) is 29.4 Å². The van der Waals surface area contributed by atoms with Crippen LogP contribution in [0, 0.1) is 0 Å².